The number of allylic oxidation sites excluding steroid dienone is 3. The molecular weight excluding hydrogens is 452 g/mol. The van der Waals surface area contributed by atoms with Gasteiger partial charge in [0.25, 0.3) is 0 Å². The smallest absolute Gasteiger partial charge is 0.0385 e. The fourth-order valence-electron chi connectivity index (χ4n) is 4.44. The van der Waals surface area contributed by atoms with Gasteiger partial charge in [-0.15, -0.1) is 0 Å². The van der Waals surface area contributed by atoms with E-state index in [1.807, 2.05) is 18.2 Å². The van der Waals surface area contributed by atoms with Crippen molar-refractivity contribution in [1.29, 1.82) is 0 Å². The van der Waals surface area contributed by atoms with Gasteiger partial charge < -0.3 is 21.3 Å². The number of unbranched alkanes of at least 4 members (excludes halogenated alkanes) is 5. The average Bonchev–Trinajstić information content (AvgIpc) is 2.93. The zero-order valence-electron chi connectivity index (χ0n) is 22.2. The van der Waals surface area contributed by atoms with Gasteiger partial charge in [-0.05, 0) is 91.9 Å². The molecule has 4 N–H and O–H groups in total. The molecule has 1 atom stereocenters. The summed E-state index contributed by atoms with van der Waals surface area (Å²) in [6.07, 6.45) is 15.5. The summed E-state index contributed by atoms with van der Waals surface area (Å²) in [4.78, 5) is 0. The van der Waals surface area contributed by atoms with Crippen LogP contribution in [0.15, 0.2) is 103 Å². The lowest BCUT2D eigenvalue weighted by Crippen LogP contribution is -2.04. The summed E-state index contributed by atoms with van der Waals surface area (Å²) in [5.74, 6) is 0.645. The molecule has 1 aliphatic carbocycles. The molecular formula is C33H42N4. The lowest BCUT2D eigenvalue weighted by atomic mass is 10.0. The van der Waals surface area contributed by atoms with Crippen molar-refractivity contribution in [3.8, 4) is 0 Å². The molecule has 0 aromatic heterocycles. The average molecular weight is 495 g/mol. The molecule has 4 nitrogen and oxygen atoms in total. The van der Waals surface area contributed by atoms with E-state index in [4.69, 9.17) is 0 Å². The molecule has 194 valence electrons. The topological polar surface area (TPSA) is 48.1 Å². The van der Waals surface area contributed by atoms with Crippen LogP contribution < -0.4 is 21.3 Å². The van der Waals surface area contributed by atoms with E-state index in [0.717, 1.165) is 36.6 Å². The van der Waals surface area contributed by atoms with Crippen LogP contribution in [0, 0.1) is 5.92 Å². The Morgan fingerprint density at radius 3 is 1.59 bits per heavy atom. The fraction of sp³-hybridized carbons (Fsp3) is 0.333. The molecule has 0 heterocycles. The van der Waals surface area contributed by atoms with E-state index in [2.05, 4.69) is 107 Å². The van der Waals surface area contributed by atoms with Crippen molar-refractivity contribution < 1.29 is 0 Å². The summed E-state index contributed by atoms with van der Waals surface area (Å²) in [5, 5.41) is 14.0. The molecule has 0 radical (unpaired) electrons. The predicted octanol–water partition coefficient (Wildman–Crippen LogP) is 9.19. The van der Waals surface area contributed by atoms with E-state index in [-0.39, 0.29) is 0 Å². The van der Waals surface area contributed by atoms with Gasteiger partial charge in [-0.25, -0.2) is 0 Å². The summed E-state index contributed by atoms with van der Waals surface area (Å²) >= 11 is 0. The van der Waals surface area contributed by atoms with E-state index in [1.165, 1.54) is 55.6 Å². The number of anilines is 5. The number of nitrogens with one attached hydrogen (secondary N) is 4. The lowest BCUT2D eigenvalue weighted by molar-refractivity contribution is 0.610. The SMILES string of the molecule is CC1C=CC(Nc2ccc(NCCCCCCCCNc3ccc(Nc4ccccc4)cc3)cc2)=CC1. The highest BCUT2D eigenvalue weighted by atomic mass is 14.9. The van der Waals surface area contributed by atoms with Gasteiger partial charge >= 0.3 is 0 Å². The Hall–Kier alpha value is -3.66. The molecule has 0 saturated carbocycles. The maximum atomic E-state index is 3.56. The van der Waals surface area contributed by atoms with Gasteiger partial charge in [-0.3, -0.25) is 0 Å². The normalized spacial score (nSPS) is 14.6. The molecule has 0 spiro atoms. The summed E-state index contributed by atoms with van der Waals surface area (Å²) < 4.78 is 0. The highest BCUT2D eigenvalue weighted by Gasteiger charge is 2.04. The van der Waals surface area contributed by atoms with Crippen molar-refractivity contribution in [2.45, 2.75) is 51.9 Å². The Morgan fingerprint density at radius 1 is 0.568 bits per heavy atom. The van der Waals surface area contributed by atoms with Crippen molar-refractivity contribution >= 4 is 28.4 Å². The Labute approximate surface area is 223 Å². The van der Waals surface area contributed by atoms with E-state index in [0.29, 0.717) is 5.92 Å². The quantitative estimate of drug-likeness (QED) is 0.159. The fourth-order valence-corrected chi connectivity index (χ4v) is 4.44. The summed E-state index contributed by atoms with van der Waals surface area (Å²) in [5.41, 5.74) is 6.94. The molecule has 0 fully saturated rings. The number of rotatable bonds is 15. The monoisotopic (exact) mass is 494 g/mol. The van der Waals surface area contributed by atoms with Gasteiger partial charge in [0, 0.05) is 47.2 Å². The number of para-hydroxylation sites is 1. The molecule has 37 heavy (non-hydrogen) atoms. The highest BCUT2D eigenvalue weighted by molar-refractivity contribution is 5.62. The van der Waals surface area contributed by atoms with Crippen LogP contribution in [-0.4, -0.2) is 13.1 Å². The Balaban J connectivity index is 0.992. The molecule has 0 saturated heterocycles. The van der Waals surface area contributed by atoms with Crippen LogP contribution in [0.4, 0.5) is 28.4 Å². The molecule has 3 aromatic carbocycles. The summed E-state index contributed by atoms with van der Waals surface area (Å²) in [7, 11) is 0. The minimum atomic E-state index is 0.645. The molecule has 1 aliphatic rings. The molecule has 4 rings (SSSR count). The second kappa shape index (κ2) is 14.8. The Bertz CT molecular complexity index is 1100. The third kappa shape index (κ3) is 9.72. The van der Waals surface area contributed by atoms with Crippen LogP contribution >= 0.6 is 0 Å². The van der Waals surface area contributed by atoms with Crippen LogP contribution in [0.1, 0.15) is 51.9 Å². The zero-order valence-corrected chi connectivity index (χ0v) is 22.2. The van der Waals surface area contributed by atoms with Crippen LogP contribution in [0.25, 0.3) is 0 Å². The van der Waals surface area contributed by atoms with Gasteiger partial charge in [-0.2, -0.15) is 0 Å². The van der Waals surface area contributed by atoms with Crippen molar-refractivity contribution in [3.63, 3.8) is 0 Å². The largest absolute Gasteiger partial charge is 0.385 e. The second-order valence-corrected chi connectivity index (χ2v) is 9.98. The summed E-state index contributed by atoms with van der Waals surface area (Å²) in [6.45, 7) is 4.31. The van der Waals surface area contributed by atoms with Crippen LogP contribution in [0.5, 0.6) is 0 Å². The molecule has 0 amide bonds. The first-order chi connectivity index (χ1) is 18.2. The maximum Gasteiger partial charge on any atom is 0.0385 e. The minimum absolute atomic E-state index is 0.645. The summed E-state index contributed by atoms with van der Waals surface area (Å²) in [6, 6.07) is 27.5. The van der Waals surface area contributed by atoms with Crippen molar-refractivity contribution in [3.05, 3.63) is 103 Å². The molecule has 0 aliphatic heterocycles. The lowest BCUT2D eigenvalue weighted by Gasteiger charge is -2.14. The number of hydrogen-bond acceptors (Lipinski definition) is 4. The molecule has 0 bridgehead atoms. The van der Waals surface area contributed by atoms with Crippen LogP contribution in [-0.2, 0) is 0 Å². The minimum Gasteiger partial charge on any atom is -0.385 e. The molecule has 4 heteroatoms. The third-order valence-corrected chi connectivity index (χ3v) is 6.70. The second-order valence-electron chi connectivity index (χ2n) is 9.98. The van der Waals surface area contributed by atoms with Crippen molar-refractivity contribution in [2.75, 3.05) is 34.4 Å². The van der Waals surface area contributed by atoms with E-state index < -0.39 is 0 Å². The highest BCUT2D eigenvalue weighted by Crippen LogP contribution is 2.21. The predicted molar refractivity (Wildman–Crippen MR) is 162 cm³/mol. The standard InChI is InChI=1S/C33H42N4/c1-27-13-15-31(16-14-27)37-33-23-19-29(20-24-33)35-26-10-5-3-2-4-9-25-34-28-17-21-32(22-18-28)36-30-11-7-6-8-12-30/h6-8,11-13,15-24,27,34-37H,2-5,9-10,14,25-26H2,1H3. The van der Waals surface area contributed by atoms with Gasteiger partial charge in [0.1, 0.15) is 0 Å². The van der Waals surface area contributed by atoms with Gasteiger partial charge in [0.2, 0.25) is 0 Å². The zero-order chi connectivity index (χ0) is 25.5. The Morgan fingerprint density at radius 2 is 1.05 bits per heavy atom. The molecule has 3 aromatic rings. The van der Waals surface area contributed by atoms with E-state index in [9.17, 15) is 0 Å². The van der Waals surface area contributed by atoms with Gasteiger partial charge in [0.05, 0.1) is 0 Å². The van der Waals surface area contributed by atoms with E-state index in [1.54, 1.807) is 0 Å². The van der Waals surface area contributed by atoms with Crippen molar-refractivity contribution in [1.82, 2.24) is 0 Å². The number of benzene rings is 3. The van der Waals surface area contributed by atoms with Crippen LogP contribution in [0.2, 0.25) is 0 Å². The first-order valence-electron chi connectivity index (χ1n) is 13.9. The van der Waals surface area contributed by atoms with Gasteiger partial charge in [-0.1, -0.05) is 63.0 Å². The van der Waals surface area contributed by atoms with E-state index >= 15 is 0 Å². The number of hydrogen-bond donors (Lipinski definition) is 4. The Kier molecular flexibility index (Phi) is 10.6. The van der Waals surface area contributed by atoms with Crippen molar-refractivity contribution in [2.24, 2.45) is 5.92 Å². The maximum absolute atomic E-state index is 3.56. The van der Waals surface area contributed by atoms with Crippen LogP contribution in [0.3, 0.4) is 0 Å². The molecule has 1 unspecified atom stereocenters. The van der Waals surface area contributed by atoms with Gasteiger partial charge in [0.15, 0.2) is 0 Å². The third-order valence-electron chi connectivity index (χ3n) is 6.70. The first-order valence-corrected chi connectivity index (χ1v) is 13.9. The first kappa shape index (κ1) is 26.4.